The highest BCUT2D eigenvalue weighted by atomic mass is 16.6. The van der Waals surface area contributed by atoms with E-state index in [0.717, 1.165) is 57.3 Å². The molecule has 0 fully saturated rings. The van der Waals surface area contributed by atoms with E-state index in [0.29, 0.717) is 78.8 Å². The Labute approximate surface area is 352 Å². The van der Waals surface area contributed by atoms with Crippen molar-refractivity contribution in [2.75, 3.05) is 66.0 Å². The number of ketones is 1. The summed E-state index contributed by atoms with van der Waals surface area (Å²) in [6, 6.07) is 22.9. The Morgan fingerprint density at radius 2 is 1.45 bits per heavy atom. The van der Waals surface area contributed by atoms with Crippen LogP contribution in [0.25, 0.3) is 32.3 Å². The molecule has 3 aromatic carbocycles. The number of aliphatic carboxylic acids is 1. The maximum absolute atomic E-state index is 13.7. The first-order valence-corrected chi connectivity index (χ1v) is 20.7. The Bertz CT molecular complexity index is 1980. The maximum atomic E-state index is 13.7. The van der Waals surface area contributed by atoms with Crippen molar-refractivity contribution in [3.63, 3.8) is 0 Å². The second-order valence-electron chi connectivity index (χ2n) is 14.8. The highest BCUT2D eigenvalue weighted by Gasteiger charge is 2.28. The molecule has 2 atom stereocenters. The average Bonchev–Trinajstić information content (AvgIpc) is 3.23. The minimum Gasteiger partial charge on any atom is -0.491 e. The van der Waals surface area contributed by atoms with Gasteiger partial charge in [-0.3, -0.25) is 19.4 Å². The molecule has 0 spiro atoms. The van der Waals surface area contributed by atoms with E-state index in [1.165, 1.54) is 0 Å². The number of rotatable bonds is 30. The van der Waals surface area contributed by atoms with Gasteiger partial charge in [-0.05, 0) is 83.5 Å². The van der Waals surface area contributed by atoms with Crippen molar-refractivity contribution in [1.82, 2.24) is 10.3 Å². The Kier molecular flexibility index (Phi) is 21.0. The number of azide groups is 1. The van der Waals surface area contributed by atoms with E-state index >= 15 is 0 Å². The quantitative estimate of drug-likeness (QED) is 0.0225. The van der Waals surface area contributed by atoms with E-state index in [9.17, 15) is 19.5 Å². The van der Waals surface area contributed by atoms with Crippen molar-refractivity contribution in [2.45, 2.75) is 71.3 Å². The first-order valence-electron chi connectivity index (χ1n) is 20.7. The number of hydrogen-bond donors (Lipinski definition) is 2. The standard InChI is InChI=1S/C46H59N5O9/c1-33(2)46(50-44(53)11-7-4-8-38-30-34(3)18-19-48-38)42(52)31-37(32-45(54)55)35-12-14-36(15-13-35)39-16-17-43(41-10-6-5-9-40(39)41)60-29-28-59-27-26-58-25-24-57-23-22-56-21-20-49-51-47/h5-6,9-10,12-19,30,33,37,46H,4,7-8,11,20-29,31-32H2,1-3H3,(H,50,53)(H,54,55)/t37-,46+/m0/s1. The van der Waals surface area contributed by atoms with Crippen molar-refractivity contribution in [2.24, 2.45) is 11.0 Å². The molecule has 60 heavy (non-hydrogen) atoms. The summed E-state index contributed by atoms with van der Waals surface area (Å²) in [6.07, 6.45) is 4.14. The molecule has 0 bridgehead atoms. The lowest BCUT2D eigenvalue weighted by atomic mass is 9.85. The van der Waals surface area contributed by atoms with Gasteiger partial charge in [0.1, 0.15) is 12.4 Å². The molecule has 0 aliphatic heterocycles. The van der Waals surface area contributed by atoms with Crippen molar-refractivity contribution in [1.29, 1.82) is 0 Å². The Morgan fingerprint density at radius 3 is 2.08 bits per heavy atom. The van der Waals surface area contributed by atoms with Crippen LogP contribution in [-0.4, -0.2) is 99.8 Å². The van der Waals surface area contributed by atoms with Crippen LogP contribution in [0.15, 0.2) is 84.1 Å². The molecule has 0 unspecified atom stereocenters. The number of fused-ring (bicyclic) bond motifs is 1. The fourth-order valence-corrected chi connectivity index (χ4v) is 6.79. The van der Waals surface area contributed by atoms with Crippen LogP contribution < -0.4 is 10.1 Å². The second-order valence-corrected chi connectivity index (χ2v) is 14.8. The summed E-state index contributed by atoms with van der Waals surface area (Å²) in [7, 11) is 0. The van der Waals surface area contributed by atoms with Gasteiger partial charge in [0.05, 0.1) is 65.3 Å². The number of ether oxygens (including phenoxy) is 5. The molecule has 4 aromatic rings. The molecular formula is C46H59N5O9. The molecule has 2 N–H and O–H groups in total. The number of carbonyl (C=O) groups is 3. The molecule has 0 saturated carbocycles. The third kappa shape index (κ3) is 16.7. The van der Waals surface area contributed by atoms with Crippen molar-refractivity contribution < 1.29 is 43.2 Å². The number of aryl methyl sites for hydroxylation is 2. The highest BCUT2D eigenvalue weighted by molar-refractivity contribution is 6.00. The number of Topliss-reactive ketones (excluding diaryl/α,β-unsaturated/α-hetero) is 1. The summed E-state index contributed by atoms with van der Waals surface area (Å²) in [6.45, 7) is 9.82. The molecule has 14 nitrogen and oxygen atoms in total. The van der Waals surface area contributed by atoms with Crippen LogP contribution in [0.5, 0.6) is 5.75 Å². The van der Waals surface area contributed by atoms with E-state index in [1.54, 1.807) is 6.20 Å². The van der Waals surface area contributed by atoms with Crippen molar-refractivity contribution in [3.8, 4) is 16.9 Å². The van der Waals surface area contributed by atoms with Crippen LogP contribution >= 0.6 is 0 Å². The minimum atomic E-state index is -0.994. The molecule has 0 saturated heterocycles. The number of carbonyl (C=O) groups excluding carboxylic acids is 2. The largest absolute Gasteiger partial charge is 0.491 e. The molecule has 14 heteroatoms. The van der Waals surface area contributed by atoms with E-state index < -0.39 is 17.9 Å². The topological polar surface area (TPSA) is 191 Å². The first kappa shape index (κ1) is 47.3. The van der Waals surface area contributed by atoms with E-state index in [-0.39, 0.29) is 30.4 Å². The molecule has 1 aromatic heterocycles. The van der Waals surface area contributed by atoms with Gasteiger partial charge < -0.3 is 34.1 Å². The fourth-order valence-electron chi connectivity index (χ4n) is 6.79. The predicted molar refractivity (Wildman–Crippen MR) is 230 cm³/mol. The number of unbranched alkanes of at least 4 members (excludes halogenated alkanes) is 1. The number of nitrogens with zero attached hydrogens (tertiary/aromatic N) is 4. The number of pyridine rings is 1. The molecule has 0 radical (unpaired) electrons. The molecular weight excluding hydrogens is 767 g/mol. The molecule has 322 valence electrons. The summed E-state index contributed by atoms with van der Waals surface area (Å²) in [4.78, 5) is 45.6. The van der Waals surface area contributed by atoms with Crippen LogP contribution in [0.3, 0.4) is 0 Å². The summed E-state index contributed by atoms with van der Waals surface area (Å²) < 4.78 is 28.0. The number of nitrogens with one attached hydrogen (secondary N) is 1. The number of benzene rings is 3. The number of hydrogen-bond acceptors (Lipinski definition) is 10. The van der Waals surface area contributed by atoms with E-state index in [4.69, 9.17) is 29.2 Å². The predicted octanol–water partition coefficient (Wildman–Crippen LogP) is 8.04. The summed E-state index contributed by atoms with van der Waals surface area (Å²) in [5, 5.41) is 18.1. The van der Waals surface area contributed by atoms with Crippen molar-refractivity contribution in [3.05, 3.63) is 106 Å². The van der Waals surface area contributed by atoms with Gasteiger partial charge in [-0.1, -0.05) is 73.6 Å². The lowest BCUT2D eigenvalue weighted by molar-refractivity contribution is -0.137. The van der Waals surface area contributed by atoms with Gasteiger partial charge in [-0.2, -0.15) is 0 Å². The van der Waals surface area contributed by atoms with Crippen LogP contribution in [-0.2, 0) is 39.8 Å². The number of amides is 1. The second kappa shape index (κ2) is 26.7. The van der Waals surface area contributed by atoms with Gasteiger partial charge in [-0.15, -0.1) is 0 Å². The fraction of sp³-hybridized carbons (Fsp3) is 0.478. The Morgan fingerprint density at radius 1 is 0.800 bits per heavy atom. The van der Waals surface area contributed by atoms with Gasteiger partial charge in [0.15, 0.2) is 5.78 Å². The Balaban J connectivity index is 1.26. The first-order chi connectivity index (χ1) is 29.2. The zero-order valence-corrected chi connectivity index (χ0v) is 35.1. The lowest BCUT2D eigenvalue weighted by Crippen LogP contribution is -2.44. The molecule has 1 heterocycles. The van der Waals surface area contributed by atoms with Gasteiger partial charge in [-0.25, -0.2) is 0 Å². The third-order valence-corrected chi connectivity index (χ3v) is 9.83. The zero-order valence-electron chi connectivity index (χ0n) is 35.1. The lowest BCUT2D eigenvalue weighted by Gasteiger charge is -2.24. The smallest absolute Gasteiger partial charge is 0.303 e. The van der Waals surface area contributed by atoms with Gasteiger partial charge >= 0.3 is 5.97 Å². The van der Waals surface area contributed by atoms with Gasteiger partial charge in [0.25, 0.3) is 0 Å². The van der Waals surface area contributed by atoms with E-state index in [1.807, 2.05) is 93.6 Å². The number of aromatic nitrogens is 1. The van der Waals surface area contributed by atoms with Crippen molar-refractivity contribution >= 4 is 28.4 Å². The average molecular weight is 826 g/mol. The van der Waals surface area contributed by atoms with Crippen LogP contribution in [0, 0.1) is 12.8 Å². The van der Waals surface area contributed by atoms with Gasteiger partial charge in [0.2, 0.25) is 5.91 Å². The van der Waals surface area contributed by atoms with Crippen LogP contribution in [0.2, 0.25) is 0 Å². The van der Waals surface area contributed by atoms with Crippen LogP contribution in [0.4, 0.5) is 0 Å². The molecule has 1 amide bonds. The van der Waals surface area contributed by atoms with E-state index in [2.05, 4.69) is 20.3 Å². The summed E-state index contributed by atoms with van der Waals surface area (Å²) >= 11 is 0. The third-order valence-electron chi connectivity index (χ3n) is 9.83. The molecule has 4 rings (SSSR count). The normalized spacial score (nSPS) is 12.2. The Hall–Kier alpha value is -5.37. The summed E-state index contributed by atoms with van der Waals surface area (Å²) in [5.41, 5.74) is 13.1. The monoisotopic (exact) mass is 825 g/mol. The molecule has 0 aliphatic carbocycles. The zero-order chi connectivity index (χ0) is 43.0. The SMILES string of the molecule is Cc1ccnc(CCCCC(=O)N[C@@H](C(=O)C[C@@H](CC(=O)O)c2ccc(-c3ccc(OCCOCCOCCOCCOCCN=[N+]=[N-])c4ccccc34)cc2)C(C)C)c1. The maximum Gasteiger partial charge on any atom is 0.303 e. The van der Waals surface area contributed by atoms with Crippen LogP contribution in [0.1, 0.15) is 68.7 Å². The number of carboxylic acids is 1. The molecule has 0 aliphatic rings. The van der Waals surface area contributed by atoms with Gasteiger partial charge in [0, 0.05) is 47.5 Å². The summed E-state index contributed by atoms with van der Waals surface area (Å²) in [5.74, 6) is -1.34. The highest BCUT2D eigenvalue weighted by Crippen LogP contribution is 2.36. The number of carboxylic acid groups (broad SMARTS) is 1. The minimum absolute atomic E-state index is 0.00540.